The van der Waals surface area contributed by atoms with Crippen LogP contribution in [0.15, 0.2) is 101 Å². The normalized spacial score (nSPS) is 13.2. The molecule has 6 nitrogen and oxygen atoms in total. The summed E-state index contributed by atoms with van der Waals surface area (Å²) < 4.78 is 21.8. The summed E-state index contributed by atoms with van der Waals surface area (Å²) in [5, 5.41) is 1.92. The Hall–Kier alpha value is -5.23. The Balaban J connectivity index is 1.37. The molecule has 2 aliphatic rings. The molecule has 180 valence electrons. The van der Waals surface area contributed by atoms with Gasteiger partial charge in [-0.25, -0.2) is 4.98 Å². The van der Waals surface area contributed by atoms with Crippen LogP contribution in [-0.4, -0.2) is 9.55 Å². The quantitative estimate of drug-likeness (QED) is 0.229. The fourth-order valence-corrected chi connectivity index (χ4v) is 5.87. The van der Waals surface area contributed by atoms with E-state index in [-0.39, 0.29) is 0 Å². The molecular formula is C32H19N3O3. The Labute approximate surface area is 216 Å². The zero-order valence-corrected chi connectivity index (χ0v) is 20.3. The fourth-order valence-electron chi connectivity index (χ4n) is 5.87. The highest BCUT2D eigenvalue weighted by molar-refractivity contribution is 6.14. The summed E-state index contributed by atoms with van der Waals surface area (Å²) >= 11 is 0. The predicted octanol–water partition coefficient (Wildman–Crippen LogP) is 8.82. The number of benzene rings is 5. The number of anilines is 3. The minimum Gasteiger partial charge on any atom is -0.453 e. The molecule has 7 aromatic rings. The standard InChI is InChI=1S/C32H19N3O3/c1-34-22-12-3-2-11-21(22)33-32(34)19-10-8-9-18-20-17-27-28-31(30(20)38-29(18)19)37-26-16-7-5-14-24(26)35(28)23-13-4-6-15-25(23)36-27/h2-17H,1H3. The third-order valence-electron chi connectivity index (χ3n) is 7.58. The van der Waals surface area contributed by atoms with Gasteiger partial charge in [0.1, 0.15) is 17.1 Å². The van der Waals surface area contributed by atoms with E-state index < -0.39 is 0 Å². The van der Waals surface area contributed by atoms with E-state index in [2.05, 4.69) is 51.9 Å². The van der Waals surface area contributed by atoms with Crippen LogP contribution in [-0.2, 0) is 7.05 Å². The maximum Gasteiger partial charge on any atom is 0.198 e. The van der Waals surface area contributed by atoms with Crippen molar-refractivity contribution >= 4 is 50.0 Å². The second-order valence-corrected chi connectivity index (χ2v) is 9.67. The van der Waals surface area contributed by atoms with Gasteiger partial charge in [-0.3, -0.25) is 4.90 Å². The average molecular weight is 494 g/mol. The molecule has 0 bridgehead atoms. The molecule has 0 fully saturated rings. The van der Waals surface area contributed by atoms with Crippen molar-refractivity contribution in [3.63, 3.8) is 0 Å². The summed E-state index contributed by atoms with van der Waals surface area (Å²) in [6.45, 7) is 0. The molecule has 0 saturated heterocycles. The molecule has 0 N–H and O–H groups in total. The number of fused-ring (bicyclic) bond motifs is 9. The van der Waals surface area contributed by atoms with E-state index in [4.69, 9.17) is 18.9 Å². The second-order valence-electron chi connectivity index (χ2n) is 9.67. The largest absolute Gasteiger partial charge is 0.453 e. The lowest BCUT2D eigenvalue weighted by Gasteiger charge is -2.37. The van der Waals surface area contributed by atoms with Gasteiger partial charge in [-0.15, -0.1) is 0 Å². The third-order valence-corrected chi connectivity index (χ3v) is 7.58. The average Bonchev–Trinajstić information content (AvgIpc) is 3.50. The van der Waals surface area contributed by atoms with Gasteiger partial charge in [-0.1, -0.05) is 48.5 Å². The summed E-state index contributed by atoms with van der Waals surface area (Å²) in [5.74, 6) is 3.81. The smallest absolute Gasteiger partial charge is 0.198 e. The summed E-state index contributed by atoms with van der Waals surface area (Å²) in [6.07, 6.45) is 0. The number of aryl methyl sites for hydroxylation is 1. The van der Waals surface area contributed by atoms with Gasteiger partial charge in [0.25, 0.3) is 0 Å². The Morgan fingerprint density at radius 3 is 2.21 bits per heavy atom. The van der Waals surface area contributed by atoms with Gasteiger partial charge in [0, 0.05) is 17.8 Å². The van der Waals surface area contributed by atoms with Crippen molar-refractivity contribution < 1.29 is 13.9 Å². The van der Waals surface area contributed by atoms with Gasteiger partial charge >= 0.3 is 0 Å². The highest BCUT2D eigenvalue weighted by atomic mass is 16.5. The van der Waals surface area contributed by atoms with Gasteiger partial charge in [-0.2, -0.15) is 0 Å². The van der Waals surface area contributed by atoms with E-state index in [9.17, 15) is 0 Å². The number of hydrogen-bond acceptors (Lipinski definition) is 5. The van der Waals surface area contributed by atoms with Crippen molar-refractivity contribution in [3.8, 4) is 34.4 Å². The van der Waals surface area contributed by atoms with Crippen molar-refractivity contribution in [2.45, 2.75) is 0 Å². The van der Waals surface area contributed by atoms with Crippen LogP contribution in [0.25, 0.3) is 44.4 Å². The lowest BCUT2D eigenvalue weighted by atomic mass is 10.0. The molecule has 2 aromatic heterocycles. The van der Waals surface area contributed by atoms with E-state index in [0.29, 0.717) is 11.3 Å². The van der Waals surface area contributed by atoms with Gasteiger partial charge in [-0.05, 0) is 48.5 Å². The first kappa shape index (κ1) is 19.9. The van der Waals surface area contributed by atoms with Crippen LogP contribution in [0.3, 0.4) is 0 Å². The molecule has 4 heterocycles. The minimum atomic E-state index is 0.651. The van der Waals surface area contributed by atoms with Crippen molar-refractivity contribution in [1.29, 1.82) is 0 Å². The van der Waals surface area contributed by atoms with Crippen molar-refractivity contribution in [2.75, 3.05) is 4.90 Å². The topological polar surface area (TPSA) is 52.7 Å². The van der Waals surface area contributed by atoms with Crippen LogP contribution in [0, 0.1) is 0 Å². The highest BCUT2D eigenvalue weighted by Gasteiger charge is 2.37. The van der Waals surface area contributed by atoms with E-state index in [1.807, 2.05) is 61.6 Å². The number of rotatable bonds is 1. The predicted molar refractivity (Wildman–Crippen MR) is 148 cm³/mol. The lowest BCUT2D eigenvalue weighted by molar-refractivity contribution is 0.444. The van der Waals surface area contributed by atoms with E-state index in [0.717, 1.165) is 73.1 Å². The monoisotopic (exact) mass is 493 g/mol. The van der Waals surface area contributed by atoms with E-state index in [1.54, 1.807) is 0 Å². The molecule has 0 saturated carbocycles. The van der Waals surface area contributed by atoms with Gasteiger partial charge in [0.2, 0.25) is 0 Å². The number of ether oxygens (including phenoxy) is 2. The molecule has 9 rings (SSSR count). The SMILES string of the molecule is Cn1c(-c2cccc3c2oc2c4c5c(cc23)Oc2ccccc2N5c2ccccc2O4)nc2ccccc21. The van der Waals surface area contributed by atoms with Crippen molar-refractivity contribution in [3.05, 3.63) is 97.1 Å². The van der Waals surface area contributed by atoms with Gasteiger partial charge < -0.3 is 18.5 Å². The Morgan fingerprint density at radius 1 is 0.658 bits per heavy atom. The molecule has 38 heavy (non-hydrogen) atoms. The lowest BCUT2D eigenvalue weighted by Crippen LogP contribution is -2.20. The van der Waals surface area contributed by atoms with Gasteiger partial charge in [0.05, 0.1) is 28.0 Å². The molecule has 0 spiro atoms. The zero-order chi connectivity index (χ0) is 25.0. The first-order valence-electron chi connectivity index (χ1n) is 12.5. The molecule has 0 atom stereocenters. The zero-order valence-electron chi connectivity index (χ0n) is 20.3. The van der Waals surface area contributed by atoms with E-state index >= 15 is 0 Å². The molecule has 5 aromatic carbocycles. The van der Waals surface area contributed by atoms with Crippen molar-refractivity contribution in [2.24, 2.45) is 7.05 Å². The Morgan fingerprint density at radius 2 is 1.39 bits per heavy atom. The van der Waals surface area contributed by atoms with Gasteiger partial charge in [0.15, 0.2) is 28.6 Å². The molecule has 0 radical (unpaired) electrons. The highest BCUT2D eigenvalue weighted by Crippen LogP contribution is 2.62. The molecular weight excluding hydrogens is 474 g/mol. The molecule has 0 amide bonds. The number of nitrogens with zero attached hydrogens (tertiary/aromatic N) is 3. The second kappa shape index (κ2) is 6.95. The first-order valence-corrected chi connectivity index (χ1v) is 12.5. The van der Waals surface area contributed by atoms with Crippen LogP contribution in [0.1, 0.15) is 0 Å². The number of imidazole rings is 1. The third kappa shape index (κ3) is 2.44. The minimum absolute atomic E-state index is 0.651. The molecule has 0 unspecified atom stereocenters. The Kier molecular flexibility index (Phi) is 3.64. The van der Waals surface area contributed by atoms with Crippen LogP contribution in [0.5, 0.6) is 23.0 Å². The molecule has 0 aliphatic carbocycles. The molecule has 2 aliphatic heterocycles. The number of aromatic nitrogens is 2. The number of hydrogen-bond donors (Lipinski definition) is 0. The number of para-hydroxylation sites is 7. The fraction of sp³-hybridized carbons (Fsp3) is 0.0312. The van der Waals surface area contributed by atoms with E-state index in [1.165, 1.54) is 0 Å². The summed E-state index contributed by atoms with van der Waals surface area (Å²) in [5.41, 5.74) is 7.19. The maximum absolute atomic E-state index is 6.70. The van der Waals surface area contributed by atoms with Crippen LogP contribution in [0.4, 0.5) is 17.1 Å². The van der Waals surface area contributed by atoms with Crippen LogP contribution in [0.2, 0.25) is 0 Å². The maximum atomic E-state index is 6.70. The summed E-state index contributed by atoms with van der Waals surface area (Å²) in [7, 11) is 2.04. The van der Waals surface area contributed by atoms with Crippen LogP contribution >= 0.6 is 0 Å². The number of furan rings is 1. The Bertz CT molecular complexity index is 2110. The first-order chi connectivity index (χ1) is 18.8. The van der Waals surface area contributed by atoms with Crippen molar-refractivity contribution in [1.82, 2.24) is 9.55 Å². The molecule has 6 heteroatoms. The van der Waals surface area contributed by atoms with Crippen LogP contribution < -0.4 is 14.4 Å². The summed E-state index contributed by atoms with van der Waals surface area (Å²) in [6, 6.07) is 32.6. The summed E-state index contributed by atoms with van der Waals surface area (Å²) in [4.78, 5) is 7.15.